The molecular formula is C25H32N4O7S. The lowest BCUT2D eigenvalue weighted by Gasteiger charge is -2.38. The fourth-order valence-electron chi connectivity index (χ4n) is 4.66. The van der Waals surface area contributed by atoms with E-state index in [0.29, 0.717) is 52.2 Å². The lowest BCUT2D eigenvalue weighted by molar-refractivity contribution is -0.132. The Hall–Kier alpha value is -3.19. The Bertz CT molecular complexity index is 1170. The van der Waals surface area contributed by atoms with E-state index in [1.54, 1.807) is 34.5 Å². The second-order valence-electron chi connectivity index (χ2n) is 9.03. The number of hydroxylamine groups is 1. The number of carbonyl (C=O) groups excluding carboxylic acids is 2. The molecule has 3 N–H and O–H groups in total. The van der Waals surface area contributed by atoms with E-state index in [-0.39, 0.29) is 10.9 Å². The molecule has 2 aromatic carbocycles. The lowest BCUT2D eigenvalue weighted by atomic mass is 9.89. The standard InChI is InChI=1S/C25H32N4O7S/c1-35-21-6-2-18(3-7-21)19-4-8-22(9-5-19)37(33,34)27-23(24(30)26-32)20-10-12-28(13-11-20)25(31)29-14-16-36-17-15-29/h2-9,20,23,27,32H,10-17H2,1H3,(H,26,30). The average Bonchev–Trinajstić information content (AvgIpc) is 2.96. The number of urea groups is 1. The molecule has 2 saturated heterocycles. The summed E-state index contributed by atoms with van der Waals surface area (Å²) >= 11 is 0. The zero-order valence-corrected chi connectivity index (χ0v) is 21.4. The molecule has 0 bridgehead atoms. The third-order valence-electron chi connectivity index (χ3n) is 6.83. The highest BCUT2D eigenvalue weighted by atomic mass is 32.2. The molecule has 2 heterocycles. The van der Waals surface area contributed by atoms with E-state index in [4.69, 9.17) is 9.47 Å². The van der Waals surface area contributed by atoms with E-state index in [0.717, 1.165) is 16.9 Å². The van der Waals surface area contributed by atoms with Gasteiger partial charge in [-0.15, -0.1) is 0 Å². The summed E-state index contributed by atoms with van der Waals surface area (Å²) in [5.41, 5.74) is 3.30. The summed E-state index contributed by atoms with van der Waals surface area (Å²) in [4.78, 5) is 28.7. The summed E-state index contributed by atoms with van der Waals surface area (Å²) < 4.78 is 39.2. The van der Waals surface area contributed by atoms with Gasteiger partial charge in [0.15, 0.2) is 0 Å². The minimum absolute atomic E-state index is 0.000401. The number of ether oxygens (including phenoxy) is 2. The Morgan fingerprint density at radius 1 is 0.946 bits per heavy atom. The summed E-state index contributed by atoms with van der Waals surface area (Å²) in [6.45, 7) is 2.84. The van der Waals surface area contributed by atoms with Crippen LogP contribution in [0.1, 0.15) is 12.8 Å². The molecule has 200 valence electrons. The van der Waals surface area contributed by atoms with Gasteiger partial charge < -0.3 is 19.3 Å². The normalized spacial score (nSPS) is 17.8. The van der Waals surface area contributed by atoms with Crippen LogP contribution in [-0.4, -0.2) is 87.9 Å². The van der Waals surface area contributed by atoms with Crippen molar-refractivity contribution in [3.63, 3.8) is 0 Å². The van der Waals surface area contributed by atoms with Crippen molar-refractivity contribution in [2.45, 2.75) is 23.8 Å². The van der Waals surface area contributed by atoms with Crippen LogP contribution >= 0.6 is 0 Å². The Kier molecular flexibility index (Phi) is 8.64. The van der Waals surface area contributed by atoms with Crippen molar-refractivity contribution in [3.8, 4) is 16.9 Å². The second kappa shape index (κ2) is 11.9. The Morgan fingerprint density at radius 3 is 2.03 bits per heavy atom. The Morgan fingerprint density at radius 2 is 1.49 bits per heavy atom. The van der Waals surface area contributed by atoms with Gasteiger partial charge in [-0.1, -0.05) is 24.3 Å². The van der Waals surface area contributed by atoms with E-state index < -0.39 is 27.9 Å². The molecule has 0 radical (unpaired) electrons. The third kappa shape index (κ3) is 6.39. The largest absolute Gasteiger partial charge is 0.497 e. The number of sulfonamides is 1. The first-order valence-electron chi connectivity index (χ1n) is 12.1. The third-order valence-corrected chi connectivity index (χ3v) is 8.28. The highest BCUT2D eigenvalue weighted by molar-refractivity contribution is 7.89. The minimum atomic E-state index is -4.07. The van der Waals surface area contributed by atoms with Crippen LogP contribution in [0.5, 0.6) is 5.75 Å². The first-order chi connectivity index (χ1) is 17.8. The number of methoxy groups -OCH3 is 1. The first kappa shape index (κ1) is 26.9. The van der Waals surface area contributed by atoms with E-state index >= 15 is 0 Å². The quantitative estimate of drug-likeness (QED) is 0.364. The van der Waals surface area contributed by atoms with E-state index in [2.05, 4.69) is 4.72 Å². The SMILES string of the molecule is COc1ccc(-c2ccc(S(=O)(=O)NC(C(=O)NO)C3CCN(C(=O)N4CCOCC4)CC3)cc2)cc1. The highest BCUT2D eigenvalue weighted by Crippen LogP contribution is 2.26. The van der Waals surface area contributed by atoms with Crippen LogP contribution < -0.4 is 14.9 Å². The molecule has 2 fully saturated rings. The van der Waals surface area contributed by atoms with Gasteiger partial charge in [-0.2, -0.15) is 4.72 Å². The number of nitrogens with one attached hydrogen (secondary N) is 2. The van der Waals surface area contributed by atoms with Crippen molar-refractivity contribution < 1.29 is 32.7 Å². The van der Waals surface area contributed by atoms with Crippen molar-refractivity contribution in [2.24, 2.45) is 5.92 Å². The van der Waals surface area contributed by atoms with Gasteiger partial charge >= 0.3 is 6.03 Å². The van der Waals surface area contributed by atoms with Crippen LogP contribution in [0.25, 0.3) is 11.1 Å². The molecule has 1 atom stereocenters. The van der Waals surface area contributed by atoms with Gasteiger partial charge in [-0.3, -0.25) is 10.0 Å². The van der Waals surface area contributed by atoms with E-state index in [1.807, 2.05) is 24.3 Å². The molecular weight excluding hydrogens is 500 g/mol. The monoisotopic (exact) mass is 532 g/mol. The first-order valence-corrected chi connectivity index (χ1v) is 13.6. The number of benzene rings is 2. The predicted octanol–water partition coefficient (Wildman–Crippen LogP) is 1.68. The van der Waals surface area contributed by atoms with Crippen LogP contribution in [0.15, 0.2) is 53.4 Å². The fourth-order valence-corrected chi connectivity index (χ4v) is 5.92. The molecule has 0 saturated carbocycles. The maximum Gasteiger partial charge on any atom is 0.320 e. The molecule has 1 unspecified atom stereocenters. The summed E-state index contributed by atoms with van der Waals surface area (Å²) in [7, 11) is -2.48. The van der Waals surface area contributed by atoms with E-state index in [1.165, 1.54) is 12.1 Å². The number of hydrogen-bond donors (Lipinski definition) is 3. The molecule has 0 aliphatic carbocycles. The summed E-state index contributed by atoms with van der Waals surface area (Å²) in [5, 5.41) is 9.29. The minimum Gasteiger partial charge on any atom is -0.497 e. The number of carbonyl (C=O) groups is 2. The highest BCUT2D eigenvalue weighted by Gasteiger charge is 2.36. The lowest BCUT2D eigenvalue weighted by Crippen LogP contribution is -2.55. The number of amides is 3. The molecule has 2 aliphatic rings. The molecule has 12 heteroatoms. The molecule has 11 nitrogen and oxygen atoms in total. The molecule has 37 heavy (non-hydrogen) atoms. The predicted molar refractivity (Wildman–Crippen MR) is 135 cm³/mol. The van der Waals surface area contributed by atoms with Crippen molar-refractivity contribution >= 4 is 22.0 Å². The molecule has 3 amide bonds. The fraction of sp³-hybridized carbons (Fsp3) is 0.440. The second-order valence-corrected chi connectivity index (χ2v) is 10.7. The van der Waals surface area contributed by atoms with Crippen LogP contribution in [0.3, 0.4) is 0 Å². The van der Waals surface area contributed by atoms with Gasteiger partial charge in [0.25, 0.3) is 5.91 Å². The molecule has 0 spiro atoms. The van der Waals surface area contributed by atoms with E-state index in [9.17, 15) is 23.2 Å². The smallest absolute Gasteiger partial charge is 0.320 e. The number of morpholine rings is 1. The maximum absolute atomic E-state index is 13.1. The number of piperidine rings is 1. The topological polar surface area (TPSA) is 138 Å². The van der Waals surface area contributed by atoms with Gasteiger partial charge in [-0.25, -0.2) is 18.7 Å². The van der Waals surface area contributed by atoms with Crippen LogP contribution in [0.4, 0.5) is 4.79 Å². The van der Waals surface area contributed by atoms with Gasteiger partial charge in [0.1, 0.15) is 11.8 Å². The van der Waals surface area contributed by atoms with Crippen molar-refractivity contribution in [3.05, 3.63) is 48.5 Å². The van der Waals surface area contributed by atoms with Gasteiger partial charge in [0.2, 0.25) is 10.0 Å². The van der Waals surface area contributed by atoms with Gasteiger partial charge in [0.05, 0.1) is 25.2 Å². The molecule has 0 aromatic heterocycles. The molecule has 2 aliphatic heterocycles. The van der Waals surface area contributed by atoms with Crippen molar-refractivity contribution in [1.29, 1.82) is 0 Å². The number of likely N-dealkylation sites (tertiary alicyclic amines) is 1. The number of nitrogens with zero attached hydrogens (tertiary/aromatic N) is 2. The zero-order chi connectivity index (χ0) is 26.4. The van der Waals surface area contributed by atoms with Gasteiger partial charge in [0, 0.05) is 26.2 Å². The van der Waals surface area contributed by atoms with Crippen LogP contribution in [0, 0.1) is 5.92 Å². The number of rotatable bonds is 7. The Balaban J connectivity index is 1.42. The maximum atomic E-state index is 13.1. The number of hydrogen-bond acceptors (Lipinski definition) is 7. The van der Waals surface area contributed by atoms with Crippen molar-refractivity contribution in [2.75, 3.05) is 46.5 Å². The van der Waals surface area contributed by atoms with Crippen molar-refractivity contribution in [1.82, 2.24) is 20.0 Å². The average molecular weight is 533 g/mol. The van der Waals surface area contributed by atoms with Crippen LogP contribution in [0.2, 0.25) is 0 Å². The molecule has 4 rings (SSSR count). The zero-order valence-electron chi connectivity index (χ0n) is 20.6. The van der Waals surface area contributed by atoms with Crippen LogP contribution in [-0.2, 0) is 19.6 Å². The van der Waals surface area contributed by atoms with Gasteiger partial charge in [-0.05, 0) is 54.2 Å². The summed E-state index contributed by atoms with van der Waals surface area (Å²) in [6, 6.07) is 12.4. The Labute approximate surface area is 216 Å². The molecule has 2 aromatic rings. The summed E-state index contributed by atoms with van der Waals surface area (Å²) in [6.07, 6.45) is 0.820. The summed E-state index contributed by atoms with van der Waals surface area (Å²) in [5.74, 6) is -0.512.